The van der Waals surface area contributed by atoms with E-state index in [1.54, 1.807) is 15.9 Å². The fourth-order valence-corrected chi connectivity index (χ4v) is 3.69. The van der Waals surface area contributed by atoms with Crippen LogP contribution in [-0.4, -0.2) is 60.0 Å². The molecule has 2 aliphatic heterocycles. The van der Waals surface area contributed by atoms with E-state index >= 15 is 0 Å². The molecule has 7 heteroatoms. The maximum absolute atomic E-state index is 13.1. The van der Waals surface area contributed by atoms with E-state index in [0.717, 1.165) is 0 Å². The van der Waals surface area contributed by atoms with Crippen molar-refractivity contribution in [1.29, 1.82) is 0 Å². The molecular weight excluding hydrogens is 375 g/mol. The lowest BCUT2D eigenvalue weighted by atomic mass is 10.1. The number of amides is 2. The molecule has 6 nitrogen and oxygen atoms in total. The number of hydrogen-bond donors (Lipinski definition) is 0. The number of carbonyl (C=O) groups excluding carboxylic acids is 2. The molecule has 0 aromatic heterocycles. The second kappa shape index (κ2) is 8.11. The number of nitrogens with zero attached hydrogens (tertiary/aromatic N) is 2. The van der Waals surface area contributed by atoms with E-state index in [-0.39, 0.29) is 17.6 Å². The standard InChI is InChI=1S/C22H23FN2O4/c1-15-20(29-19-6-3-2-5-18(19)28-15)22(27)25-12-4-11-24(13-14-25)21(26)16-7-9-17(23)10-8-16/h2-3,5-10,15,20H,4,11-14H2,1H3. The fourth-order valence-electron chi connectivity index (χ4n) is 3.69. The van der Waals surface area contributed by atoms with Gasteiger partial charge >= 0.3 is 0 Å². The Morgan fingerprint density at radius 3 is 2.24 bits per heavy atom. The van der Waals surface area contributed by atoms with Gasteiger partial charge in [-0.2, -0.15) is 0 Å². The third-order valence-electron chi connectivity index (χ3n) is 5.27. The third-order valence-corrected chi connectivity index (χ3v) is 5.27. The van der Waals surface area contributed by atoms with Gasteiger partial charge in [-0.25, -0.2) is 4.39 Å². The Morgan fingerprint density at radius 1 is 0.897 bits per heavy atom. The Labute approximate surface area is 168 Å². The first-order valence-electron chi connectivity index (χ1n) is 9.79. The highest BCUT2D eigenvalue weighted by molar-refractivity contribution is 5.94. The fraction of sp³-hybridized carbons (Fsp3) is 0.364. The molecule has 2 heterocycles. The molecule has 2 unspecified atom stereocenters. The van der Waals surface area contributed by atoms with Gasteiger partial charge in [-0.05, 0) is 49.7 Å². The maximum Gasteiger partial charge on any atom is 0.267 e. The molecule has 2 aromatic carbocycles. The van der Waals surface area contributed by atoms with Crippen molar-refractivity contribution in [3.8, 4) is 11.5 Å². The largest absolute Gasteiger partial charge is 0.482 e. The quantitative estimate of drug-likeness (QED) is 0.781. The van der Waals surface area contributed by atoms with E-state index in [0.29, 0.717) is 49.7 Å². The Kier molecular flexibility index (Phi) is 5.38. The molecule has 2 aromatic rings. The summed E-state index contributed by atoms with van der Waals surface area (Å²) in [5, 5.41) is 0. The molecule has 0 aliphatic carbocycles. The number of fused-ring (bicyclic) bond motifs is 1. The number of benzene rings is 2. The summed E-state index contributed by atoms with van der Waals surface area (Å²) >= 11 is 0. The zero-order chi connectivity index (χ0) is 20.4. The predicted octanol–water partition coefficient (Wildman–Crippen LogP) is 2.73. The summed E-state index contributed by atoms with van der Waals surface area (Å²) in [7, 11) is 0. The van der Waals surface area contributed by atoms with Gasteiger partial charge in [0.15, 0.2) is 11.5 Å². The van der Waals surface area contributed by atoms with Crippen molar-refractivity contribution < 1.29 is 23.5 Å². The van der Waals surface area contributed by atoms with Crippen molar-refractivity contribution in [1.82, 2.24) is 9.80 Å². The van der Waals surface area contributed by atoms with Crippen LogP contribution in [0.4, 0.5) is 4.39 Å². The zero-order valence-electron chi connectivity index (χ0n) is 16.2. The molecule has 4 rings (SSSR count). The van der Waals surface area contributed by atoms with Crippen molar-refractivity contribution in [2.75, 3.05) is 26.2 Å². The SMILES string of the molecule is CC1Oc2ccccc2OC1C(=O)N1CCCN(C(=O)c2ccc(F)cc2)CC1. The zero-order valence-corrected chi connectivity index (χ0v) is 16.2. The van der Waals surface area contributed by atoms with Gasteiger partial charge in [-0.1, -0.05) is 12.1 Å². The van der Waals surface area contributed by atoms with Gasteiger partial charge in [0.2, 0.25) is 6.10 Å². The molecular formula is C22H23FN2O4. The third kappa shape index (κ3) is 4.04. The van der Waals surface area contributed by atoms with E-state index in [1.807, 2.05) is 25.1 Å². The molecule has 0 saturated carbocycles. The van der Waals surface area contributed by atoms with Crippen molar-refractivity contribution in [3.63, 3.8) is 0 Å². The van der Waals surface area contributed by atoms with E-state index in [1.165, 1.54) is 24.3 Å². The van der Waals surface area contributed by atoms with Crippen LogP contribution in [0.15, 0.2) is 48.5 Å². The van der Waals surface area contributed by atoms with Gasteiger partial charge in [0, 0.05) is 31.7 Å². The van der Waals surface area contributed by atoms with E-state index < -0.39 is 12.2 Å². The molecule has 0 spiro atoms. The lowest BCUT2D eigenvalue weighted by Crippen LogP contribution is -2.51. The molecule has 1 fully saturated rings. The minimum absolute atomic E-state index is 0.136. The van der Waals surface area contributed by atoms with E-state index in [2.05, 4.69) is 0 Å². The van der Waals surface area contributed by atoms with Gasteiger partial charge in [0.1, 0.15) is 11.9 Å². The van der Waals surface area contributed by atoms with Crippen molar-refractivity contribution in [2.45, 2.75) is 25.6 Å². The number of para-hydroxylation sites is 2. The molecule has 1 saturated heterocycles. The number of halogens is 1. The van der Waals surface area contributed by atoms with Crippen molar-refractivity contribution >= 4 is 11.8 Å². The van der Waals surface area contributed by atoms with Crippen molar-refractivity contribution in [2.24, 2.45) is 0 Å². The lowest BCUT2D eigenvalue weighted by molar-refractivity contribution is -0.144. The lowest BCUT2D eigenvalue weighted by Gasteiger charge is -2.34. The number of rotatable bonds is 2. The molecule has 2 amide bonds. The highest BCUT2D eigenvalue weighted by Gasteiger charge is 2.37. The molecule has 2 atom stereocenters. The van der Waals surface area contributed by atoms with Gasteiger partial charge in [0.05, 0.1) is 0 Å². The first-order valence-corrected chi connectivity index (χ1v) is 9.79. The Hall–Kier alpha value is -3.09. The summed E-state index contributed by atoms with van der Waals surface area (Å²) in [5.74, 6) is 0.532. The molecule has 0 bridgehead atoms. The molecule has 152 valence electrons. The van der Waals surface area contributed by atoms with Crippen LogP contribution in [0.1, 0.15) is 23.7 Å². The topological polar surface area (TPSA) is 59.1 Å². The van der Waals surface area contributed by atoms with Crippen LogP contribution in [0.5, 0.6) is 11.5 Å². The first kappa shape index (κ1) is 19.2. The normalized spacial score (nSPS) is 21.4. The Balaban J connectivity index is 1.41. The number of carbonyl (C=O) groups is 2. The highest BCUT2D eigenvalue weighted by Crippen LogP contribution is 2.34. The van der Waals surface area contributed by atoms with Gasteiger partial charge < -0.3 is 19.3 Å². The summed E-state index contributed by atoms with van der Waals surface area (Å²) in [6.45, 7) is 3.74. The Bertz CT molecular complexity index is 902. The average Bonchev–Trinajstić information content (AvgIpc) is 2.99. The van der Waals surface area contributed by atoms with Crippen molar-refractivity contribution in [3.05, 3.63) is 59.9 Å². The highest BCUT2D eigenvalue weighted by atomic mass is 19.1. The summed E-state index contributed by atoms with van der Waals surface area (Å²) in [6, 6.07) is 12.8. The van der Waals surface area contributed by atoms with Crippen LogP contribution >= 0.6 is 0 Å². The second-order valence-electron chi connectivity index (χ2n) is 7.29. The first-order chi connectivity index (χ1) is 14.0. The van der Waals surface area contributed by atoms with Crippen LogP contribution in [-0.2, 0) is 4.79 Å². The average molecular weight is 398 g/mol. The van der Waals surface area contributed by atoms with Gasteiger partial charge in [-0.15, -0.1) is 0 Å². The predicted molar refractivity (Wildman–Crippen MR) is 104 cm³/mol. The minimum atomic E-state index is -0.718. The van der Waals surface area contributed by atoms with Gasteiger partial charge in [-0.3, -0.25) is 9.59 Å². The monoisotopic (exact) mass is 398 g/mol. The van der Waals surface area contributed by atoms with Crippen LogP contribution in [0.3, 0.4) is 0 Å². The molecule has 0 radical (unpaired) electrons. The van der Waals surface area contributed by atoms with E-state index in [9.17, 15) is 14.0 Å². The summed E-state index contributed by atoms with van der Waals surface area (Å²) < 4.78 is 24.9. The maximum atomic E-state index is 13.1. The smallest absolute Gasteiger partial charge is 0.267 e. The minimum Gasteiger partial charge on any atom is -0.482 e. The van der Waals surface area contributed by atoms with Crippen LogP contribution < -0.4 is 9.47 Å². The second-order valence-corrected chi connectivity index (χ2v) is 7.29. The summed E-state index contributed by atoms with van der Waals surface area (Å²) in [6.07, 6.45) is -0.459. The van der Waals surface area contributed by atoms with Gasteiger partial charge in [0.25, 0.3) is 11.8 Å². The Morgan fingerprint density at radius 2 is 1.52 bits per heavy atom. The summed E-state index contributed by atoms with van der Waals surface area (Å²) in [5.41, 5.74) is 0.445. The molecule has 29 heavy (non-hydrogen) atoms. The summed E-state index contributed by atoms with van der Waals surface area (Å²) in [4.78, 5) is 29.2. The molecule has 2 aliphatic rings. The van der Waals surface area contributed by atoms with Crippen LogP contribution in [0.25, 0.3) is 0 Å². The van der Waals surface area contributed by atoms with Crippen LogP contribution in [0.2, 0.25) is 0 Å². The number of hydrogen-bond acceptors (Lipinski definition) is 4. The van der Waals surface area contributed by atoms with E-state index in [4.69, 9.17) is 9.47 Å². The van der Waals surface area contributed by atoms with Crippen LogP contribution in [0, 0.1) is 5.82 Å². The number of ether oxygens (including phenoxy) is 2. The molecule has 0 N–H and O–H groups in total.